The molecule has 1 aromatic rings. The first-order chi connectivity index (χ1) is 8.50. The first kappa shape index (κ1) is 12.6. The summed E-state index contributed by atoms with van der Waals surface area (Å²) in [7, 11) is 0. The van der Waals surface area contributed by atoms with Crippen molar-refractivity contribution in [1.29, 1.82) is 0 Å². The fourth-order valence-electron chi connectivity index (χ4n) is 2.20. The second kappa shape index (κ2) is 4.80. The highest BCUT2D eigenvalue weighted by atomic mass is 16.2. The lowest BCUT2D eigenvalue weighted by Gasteiger charge is -2.24. The third-order valence-corrected chi connectivity index (χ3v) is 3.44. The van der Waals surface area contributed by atoms with Gasteiger partial charge in [-0.2, -0.15) is 0 Å². The van der Waals surface area contributed by atoms with Crippen molar-refractivity contribution in [3.63, 3.8) is 0 Å². The van der Waals surface area contributed by atoms with Gasteiger partial charge < -0.3 is 10.2 Å². The lowest BCUT2D eigenvalue weighted by molar-refractivity contribution is -0.125. The van der Waals surface area contributed by atoms with E-state index in [4.69, 9.17) is 0 Å². The van der Waals surface area contributed by atoms with Gasteiger partial charge in [-0.3, -0.25) is 9.59 Å². The number of amides is 2. The molecule has 1 atom stereocenters. The lowest BCUT2D eigenvalue weighted by atomic mass is 10.1. The number of anilines is 1. The Bertz CT molecular complexity index is 497. The highest BCUT2D eigenvalue weighted by Crippen LogP contribution is 2.24. The Hall–Kier alpha value is -1.84. The molecule has 1 aliphatic rings. The average molecular weight is 246 g/mol. The summed E-state index contributed by atoms with van der Waals surface area (Å²) in [5.41, 5.74) is 3.15. The molecule has 0 saturated carbocycles. The lowest BCUT2D eigenvalue weighted by Crippen LogP contribution is -2.43. The van der Waals surface area contributed by atoms with Crippen LogP contribution in [0.1, 0.15) is 24.5 Å². The second-order valence-electron chi connectivity index (χ2n) is 4.75. The molecule has 4 nitrogen and oxygen atoms in total. The van der Waals surface area contributed by atoms with Gasteiger partial charge in [0.25, 0.3) is 0 Å². The third kappa shape index (κ3) is 2.23. The second-order valence-corrected chi connectivity index (χ2v) is 4.75. The molecule has 1 heterocycles. The largest absolute Gasteiger partial charge is 0.345 e. The maximum atomic E-state index is 12.3. The minimum Gasteiger partial charge on any atom is -0.345 e. The predicted molar refractivity (Wildman–Crippen MR) is 70.5 cm³/mol. The van der Waals surface area contributed by atoms with Crippen molar-refractivity contribution in [3.05, 3.63) is 29.3 Å². The fourth-order valence-corrected chi connectivity index (χ4v) is 2.20. The van der Waals surface area contributed by atoms with E-state index in [2.05, 4.69) is 5.32 Å². The molecular weight excluding hydrogens is 228 g/mol. The summed E-state index contributed by atoms with van der Waals surface area (Å²) in [6.45, 7) is 6.19. The third-order valence-electron chi connectivity index (χ3n) is 3.44. The normalized spacial score (nSPS) is 20.6. The molecule has 18 heavy (non-hydrogen) atoms. The Morgan fingerprint density at radius 1 is 1.28 bits per heavy atom. The van der Waals surface area contributed by atoms with E-state index >= 15 is 0 Å². The van der Waals surface area contributed by atoms with Crippen molar-refractivity contribution in [2.75, 3.05) is 11.4 Å². The zero-order chi connectivity index (χ0) is 13.3. The number of hydrogen-bond donors (Lipinski definition) is 1. The van der Waals surface area contributed by atoms with Gasteiger partial charge in [0.05, 0.1) is 0 Å². The Labute approximate surface area is 107 Å². The zero-order valence-corrected chi connectivity index (χ0v) is 11.0. The minimum atomic E-state index is -0.458. The molecule has 2 amide bonds. The number of aryl methyl sites for hydroxylation is 1. The summed E-state index contributed by atoms with van der Waals surface area (Å²) in [5, 5.41) is 2.70. The fraction of sp³-hybridized carbons (Fsp3) is 0.429. The van der Waals surface area contributed by atoms with Crippen LogP contribution in [0.25, 0.3) is 0 Å². The van der Waals surface area contributed by atoms with E-state index in [1.807, 2.05) is 32.0 Å². The Balaban J connectivity index is 2.39. The average Bonchev–Trinajstić information content (AvgIpc) is 2.44. The van der Waals surface area contributed by atoms with Gasteiger partial charge in [0, 0.05) is 18.7 Å². The molecule has 2 rings (SSSR count). The van der Waals surface area contributed by atoms with Crippen molar-refractivity contribution in [3.8, 4) is 0 Å². The predicted octanol–water partition coefficient (Wildman–Crippen LogP) is 1.54. The topological polar surface area (TPSA) is 49.4 Å². The van der Waals surface area contributed by atoms with Crippen molar-refractivity contribution >= 4 is 17.5 Å². The van der Waals surface area contributed by atoms with Crippen LogP contribution in [0, 0.1) is 13.8 Å². The Kier molecular flexibility index (Phi) is 3.36. The summed E-state index contributed by atoms with van der Waals surface area (Å²) in [5.74, 6) is -0.113. The van der Waals surface area contributed by atoms with Crippen LogP contribution in [0.4, 0.5) is 5.69 Å². The van der Waals surface area contributed by atoms with Gasteiger partial charge in [-0.15, -0.1) is 0 Å². The first-order valence-corrected chi connectivity index (χ1v) is 6.17. The summed E-state index contributed by atoms with van der Waals surface area (Å²) >= 11 is 0. The number of carbonyl (C=O) groups excluding carboxylic acids is 2. The maximum absolute atomic E-state index is 12.3. The zero-order valence-electron chi connectivity index (χ0n) is 11.0. The molecule has 4 heteroatoms. The first-order valence-electron chi connectivity index (χ1n) is 6.17. The molecule has 1 fully saturated rings. The SMILES string of the molecule is Cc1cccc(N2CCC(=O)NC(C)C2=O)c1C. The highest BCUT2D eigenvalue weighted by Gasteiger charge is 2.28. The molecule has 1 saturated heterocycles. The number of hydrogen-bond acceptors (Lipinski definition) is 2. The number of nitrogens with one attached hydrogen (secondary N) is 1. The van der Waals surface area contributed by atoms with E-state index in [1.54, 1.807) is 11.8 Å². The summed E-state index contributed by atoms with van der Waals surface area (Å²) in [6, 6.07) is 5.44. The smallest absolute Gasteiger partial charge is 0.249 e. The van der Waals surface area contributed by atoms with E-state index < -0.39 is 6.04 Å². The van der Waals surface area contributed by atoms with Crippen LogP contribution in [-0.2, 0) is 9.59 Å². The van der Waals surface area contributed by atoms with Gasteiger partial charge in [-0.1, -0.05) is 12.1 Å². The highest BCUT2D eigenvalue weighted by molar-refractivity contribution is 6.01. The van der Waals surface area contributed by atoms with Crippen LogP contribution in [0.15, 0.2) is 18.2 Å². The quantitative estimate of drug-likeness (QED) is 0.817. The molecule has 1 aliphatic heterocycles. The van der Waals surface area contributed by atoms with E-state index in [-0.39, 0.29) is 11.8 Å². The van der Waals surface area contributed by atoms with Crippen LogP contribution in [-0.4, -0.2) is 24.4 Å². The van der Waals surface area contributed by atoms with Gasteiger partial charge in [0.1, 0.15) is 6.04 Å². The van der Waals surface area contributed by atoms with Crippen molar-refractivity contribution < 1.29 is 9.59 Å². The number of rotatable bonds is 1. The number of carbonyl (C=O) groups is 2. The molecule has 1 unspecified atom stereocenters. The van der Waals surface area contributed by atoms with Crippen LogP contribution in [0.3, 0.4) is 0 Å². The molecule has 0 bridgehead atoms. The van der Waals surface area contributed by atoms with Crippen LogP contribution in [0.5, 0.6) is 0 Å². The van der Waals surface area contributed by atoms with Gasteiger partial charge in [0.2, 0.25) is 11.8 Å². The molecule has 1 aromatic carbocycles. The maximum Gasteiger partial charge on any atom is 0.249 e. The molecular formula is C14H18N2O2. The number of benzene rings is 1. The van der Waals surface area contributed by atoms with Crippen LogP contribution < -0.4 is 10.2 Å². The summed E-state index contributed by atoms with van der Waals surface area (Å²) < 4.78 is 0. The van der Waals surface area contributed by atoms with E-state index in [0.717, 1.165) is 16.8 Å². The van der Waals surface area contributed by atoms with Gasteiger partial charge >= 0.3 is 0 Å². The van der Waals surface area contributed by atoms with Crippen molar-refractivity contribution in [1.82, 2.24) is 5.32 Å². The van der Waals surface area contributed by atoms with Crippen molar-refractivity contribution in [2.24, 2.45) is 0 Å². The van der Waals surface area contributed by atoms with Crippen LogP contribution >= 0.6 is 0 Å². The van der Waals surface area contributed by atoms with Crippen LogP contribution in [0.2, 0.25) is 0 Å². The van der Waals surface area contributed by atoms with E-state index in [9.17, 15) is 9.59 Å². The van der Waals surface area contributed by atoms with Gasteiger partial charge in [-0.25, -0.2) is 0 Å². The molecule has 0 aliphatic carbocycles. The molecule has 0 aromatic heterocycles. The van der Waals surface area contributed by atoms with Gasteiger partial charge in [0.15, 0.2) is 0 Å². The molecule has 1 N–H and O–H groups in total. The summed E-state index contributed by atoms with van der Waals surface area (Å²) in [4.78, 5) is 25.5. The minimum absolute atomic E-state index is 0.0467. The molecule has 0 radical (unpaired) electrons. The van der Waals surface area contributed by atoms with E-state index in [0.29, 0.717) is 13.0 Å². The Morgan fingerprint density at radius 2 is 2.00 bits per heavy atom. The number of nitrogens with zero attached hydrogens (tertiary/aromatic N) is 1. The Morgan fingerprint density at radius 3 is 2.72 bits per heavy atom. The van der Waals surface area contributed by atoms with Crippen molar-refractivity contribution in [2.45, 2.75) is 33.2 Å². The summed E-state index contributed by atoms with van der Waals surface area (Å²) in [6.07, 6.45) is 0.351. The van der Waals surface area contributed by atoms with E-state index in [1.165, 1.54) is 0 Å². The molecule has 0 spiro atoms. The standard InChI is InChI=1S/C14H18N2O2/c1-9-5-4-6-12(10(9)2)16-8-7-13(17)15-11(3)14(16)18/h4-6,11H,7-8H2,1-3H3,(H,15,17). The molecule has 96 valence electrons. The monoisotopic (exact) mass is 246 g/mol. The van der Waals surface area contributed by atoms with Gasteiger partial charge in [-0.05, 0) is 38.0 Å².